The summed E-state index contributed by atoms with van der Waals surface area (Å²) in [5.41, 5.74) is 0.123. The quantitative estimate of drug-likeness (QED) is 0.705. The molecular formula is C22H27N3O4S. The summed E-state index contributed by atoms with van der Waals surface area (Å²) in [5, 5.41) is 7.59. The standard InChI is InChI=1S/C22H27N3O4S/c1-13(2)8-17(21(28)25-22(4)14(3)29-12-19(22)26)24-20(27)16-9-15(10-23-11-16)18-6-5-7-30-18/h5-7,9-11,13-14,17H,8,12H2,1-4H3,(H,24,27)(H,25,28)/t14-,17?,22-/m1/s1. The molecule has 3 atom stereocenters. The molecule has 1 fully saturated rings. The molecule has 7 nitrogen and oxygen atoms in total. The van der Waals surface area contributed by atoms with Crippen LogP contribution >= 0.6 is 11.3 Å². The lowest BCUT2D eigenvalue weighted by Crippen LogP contribution is -2.60. The van der Waals surface area contributed by atoms with Gasteiger partial charge in [0.05, 0.1) is 11.7 Å². The van der Waals surface area contributed by atoms with Crippen molar-refractivity contribution >= 4 is 28.9 Å². The Morgan fingerprint density at radius 2 is 2.13 bits per heavy atom. The van der Waals surface area contributed by atoms with Crippen molar-refractivity contribution in [1.82, 2.24) is 15.6 Å². The fourth-order valence-electron chi connectivity index (χ4n) is 3.34. The maximum Gasteiger partial charge on any atom is 0.253 e. The number of ketones is 1. The number of aromatic nitrogens is 1. The topological polar surface area (TPSA) is 97.4 Å². The Morgan fingerprint density at radius 3 is 2.73 bits per heavy atom. The van der Waals surface area contributed by atoms with Gasteiger partial charge in [0.2, 0.25) is 5.91 Å². The van der Waals surface area contributed by atoms with Crippen LogP contribution in [0.15, 0.2) is 36.0 Å². The normalized spacial score (nSPS) is 22.2. The number of thiophene rings is 1. The lowest BCUT2D eigenvalue weighted by molar-refractivity contribution is -0.130. The third-order valence-corrected chi connectivity index (χ3v) is 6.29. The third kappa shape index (κ3) is 4.76. The Morgan fingerprint density at radius 1 is 1.37 bits per heavy atom. The van der Waals surface area contributed by atoms with E-state index >= 15 is 0 Å². The number of hydrogen-bond donors (Lipinski definition) is 2. The van der Waals surface area contributed by atoms with Crippen molar-refractivity contribution in [3.63, 3.8) is 0 Å². The van der Waals surface area contributed by atoms with Crippen LogP contribution in [0, 0.1) is 5.92 Å². The van der Waals surface area contributed by atoms with E-state index < -0.39 is 23.6 Å². The Kier molecular flexibility index (Phi) is 6.67. The first-order valence-electron chi connectivity index (χ1n) is 9.97. The van der Waals surface area contributed by atoms with Crippen LogP contribution in [0.5, 0.6) is 0 Å². The number of hydrogen-bond acceptors (Lipinski definition) is 6. The van der Waals surface area contributed by atoms with Crippen LogP contribution in [0.4, 0.5) is 0 Å². The predicted molar refractivity (Wildman–Crippen MR) is 115 cm³/mol. The van der Waals surface area contributed by atoms with E-state index in [2.05, 4.69) is 15.6 Å². The van der Waals surface area contributed by atoms with Crippen molar-refractivity contribution < 1.29 is 19.1 Å². The Balaban J connectivity index is 1.76. The highest BCUT2D eigenvalue weighted by Gasteiger charge is 2.47. The maximum atomic E-state index is 13.0. The smallest absolute Gasteiger partial charge is 0.253 e. The Labute approximate surface area is 180 Å². The molecule has 1 aliphatic heterocycles. The highest BCUT2D eigenvalue weighted by molar-refractivity contribution is 7.13. The van der Waals surface area contributed by atoms with Crippen LogP contribution in [0.2, 0.25) is 0 Å². The number of carbonyl (C=O) groups is 3. The zero-order valence-electron chi connectivity index (χ0n) is 17.6. The molecular weight excluding hydrogens is 402 g/mol. The van der Waals surface area contributed by atoms with Gasteiger partial charge < -0.3 is 15.4 Å². The number of rotatable bonds is 7. The number of ether oxygens (including phenoxy) is 1. The average Bonchev–Trinajstić information content (AvgIpc) is 3.32. The van der Waals surface area contributed by atoms with E-state index in [1.54, 1.807) is 37.4 Å². The van der Waals surface area contributed by atoms with Crippen LogP contribution in [0.25, 0.3) is 10.4 Å². The monoisotopic (exact) mass is 429 g/mol. The minimum Gasteiger partial charge on any atom is -0.368 e. The van der Waals surface area contributed by atoms with Gasteiger partial charge in [-0.25, -0.2) is 0 Å². The van der Waals surface area contributed by atoms with Gasteiger partial charge in [-0.2, -0.15) is 0 Å². The molecule has 0 radical (unpaired) electrons. The number of nitrogens with one attached hydrogen (secondary N) is 2. The second kappa shape index (κ2) is 9.06. The molecule has 2 N–H and O–H groups in total. The minimum atomic E-state index is -1.10. The molecule has 2 aromatic heterocycles. The van der Waals surface area contributed by atoms with Gasteiger partial charge >= 0.3 is 0 Å². The lowest BCUT2D eigenvalue weighted by Gasteiger charge is -2.30. The van der Waals surface area contributed by atoms with E-state index in [-0.39, 0.29) is 24.2 Å². The van der Waals surface area contributed by atoms with Gasteiger partial charge in [0.15, 0.2) is 5.78 Å². The number of carbonyl (C=O) groups excluding carboxylic acids is 3. The van der Waals surface area contributed by atoms with E-state index in [0.29, 0.717) is 12.0 Å². The van der Waals surface area contributed by atoms with Gasteiger partial charge in [0.25, 0.3) is 5.91 Å². The Bertz CT molecular complexity index is 928. The van der Waals surface area contributed by atoms with Crippen LogP contribution in [-0.4, -0.2) is 46.9 Å². The summed E-state index contributed by atoms with van der Waals surface area (Å²) >= 11 is 1.56. The largest absolute Gasteiger partial charge is 0.368 e. The average molecular weight is 430 g/mol. The van der Waals surface area contributed by atoms with E-state index in [0.717, 1.165) is 10.4 Å². The molecule has 0 aromatic carbocycles. The Hall–Kier alpha value is -2.58. The summed E-state index contributed by atoms with van der Waals surface area (Å²) in [6.07, 6.45) is 3.19. The maximum absolute atomic E-state index is 13.0. The van der Waals surface area contributed by atoms with Gasteiger partial charge in [-0.15, -0.1) is 11.3 Å². The van der Waals surface area contributed by atoms with Gasteiger partial charge in [-0.1, -0.05) is 19.9 Å². The predicted octanol–water partition coefficient (Wildman–Crippen LogP) is 2.82. The van der Waals surface area contributed by atoms with E-state index in [1.165, 1.54) is 6.20 Å². The van der Waals surface area contributed by atoms with Gasteiger partial charge in [-0.3, -0.25) is 19.4 Å². The van der Waals surface area contributed by atoms with Crippen molar-refractivity contribution in [2.45, 2.75) is 51.8 Å². The fraction of sp³-hybridized carbons (Fsp3) is 0.455. The molecule has 1 unspecified atom stereocenters. The molecule has 1 saturated heterocycles. The molecule has 160 valence electrons. The molecule has 0 spiro atoms. The number of nitrogens with zero attached hydrogens (tertiary/aromatic N) is 1. The lowest BCUT2D eigenvalue weighted by atomic mass is 9.92. The molecule has 3 heterocycles. The second-order valence-corrected chi connectivity index (χ2v) is 9.11. The molecule has 2 amide bonds. The summed E-state index contributed by atoms with van der Waals surface area (Å²) in [4.78, 5) is 43.3. The zero-order chi connectivity index (χ0) is 21.9. The molecule has 30 heavy (non-hydrogen) atoms. The van der Waals surface area contributed by atoms with Gasteiger partial charge in [0, 0.05) is 22.8 Å². The highest BCUT2D eigenvalue weighted by atomic mass is 32.1. The first-order valence-corrected chi connectivity index (χ1v) is 10.9. The molecule has 0 saturated carbocycles. The first kappa shape index (κ1) is 22.1. The molecule has 1 aliphatic rings. The van der Waals surface area contributed by atoms with E-state index in [1.807, 2.05) is 31.4 Å². The van der Waals surface area contributed by atoms with Crippen molar-refractivity contribution in [1.29, 1.82) is 0 Å². The minimum absolute atomic E-state index is 0.0274. The van der Waals surface area contributed by atoms with Gasteiger partial charge in [0.1, 0.15) is 18.2 Å². The number of amides is 2. The van der Waals surface area contributed by atoms with Crippen molar-refractivity contribution in [2.75, 3.05) is 6.61 Å². The molecule has 0 aliphatic carbocycles. The summed E-state index contributed by atoms with van der Waals surface area (Å²) < 4.78 is 5.38. The fourth-order valence-corrected chi connectivity index (χ4v) is 4.05. The zero-order valence-corrected chi connectivity index (χ0v) is 18.4. The molecule has 8 heteroatoms. The molecule has 2 aromatic rings. The van der Waals surface area contributed by atoms with Crippen LogP contribution in [0.1, 0.15) is 44.5 Å². The summed E-state index contributed by atoms with van der Waals surface area (Å²) in [5.74, 6) is -0.787. The summed E-state index contributed by atoms with van der Waals surface area (Å²) in [6.45, 7) is 7.33. The van der Waals surface area contributed by atoms with E-state index in [9.17, 15) is 14.4 Å². The highest BCUT2D eigenvalue weighted by Crippen LogP contribution is 2.25. The van der Waals surface area contributed by atoms with Crippen molar-refractivity contribution in [3.8, 4) is 10.4 Å². The SMILES string of the molecule is CC(C)CC(NC(=O)c1cncc(-c2cccs2)c1)C(=O)N[C@@]1(C)C(=O)CO[C@@H]1C. The van der Waals surface area contributed by atoms with Crippen LogP contribution in [-0.2, 0) is 14.3 Å². The van der Waals surface area contributed by atoms with Crippen LogP contribution < -0.4 is 10.6 Å². The van der Waals surface area contributed by atoms with Crippen molar-refractivity contribution in [2.24, 2.45) is 5.92 Å². The van der Waals surface area contributed by atoms with Crippen molar-refractivity contribution in [3.05, 3.63) is 41.5 Å². The summed E-state index contributed by atoms with van der Waals surface area (Å²) in [7, 11) is 0. The van der Waals surface area contributed by atoms with Crippen LogP contribution in [0.3, 0.4) is 0 Å². The van der Waals surface area contributed by atoms with E-state index in [4.69, 9.17) is 4.74 Å². The summed E-state index contributed by atoms with van der Waals surface area (Å²) in [6, 6.07) is 4.88. The molecule has 3 rings (SSSR count). The number of Topliss-reactive ketones (excluding diaryl/α,β-unsaturated/α-hetero) is 1. The molecule has 0 bridgehead atoms. The third-order valence-electron chi connectivity index (χ3n) is 5.37. The number of pyridine rings is 1. The van der Waals surface area contributed by atoms with Gasteiger partial charge in [-0.05, 0) is 43.7 Å². The second-order valence-electron chi connectivity index (χ2n) is 8.16. The first-order chi connectivity index (χ1) is 14.2.